The van der Waals surface area contributed by atoms with Crippen LogP contribution >= 0.6 is 0 Å². The molecule has 0 saturated heterocycles. The van der Waals surface area contributed by atoms with E-state index in [4.69, 9.17) is 0 Å². The van der Waals surface area contributed by atoms with E-state index in [1.165, 1.54) is 19.4 Å². The van der Waals surface area contributed by atoms with Gasteiger partial charge in [-0.15, -0.1) is 0 Å². The van der Waals surface area contributed by atoms with Gasteiger partial charge >= 0.3 is 11.0 Å². The molecule has 1 aliphatic heterocycles. The van der Waals surface area contributed by atoms with Crippen LogP contribution in [-0.2, 0) is 20.0 Å². The van der Waals surface area contributed by atoms with Crippen molar-refractivity contribution in [2.75, 3.05) is 13.6 Å². The molecule has 0 saturated carbocycles. The molecule has 0 aromatic carbocycles. The minimum Gasteiger partial charge on any atom is -0.421 e. The Morgan fingerprint density at radius 1 is 0.962 bits per heavy atom. The van der Waals surface area contributed by atoms with E-state index >= 15 is 0 Å². The normalized spacial score (nSPS) is 18.7. The second kappa shape index (κ2) is 8.65. The summed E-state index contributed by atoms with van der Waals surface area (Å²) in [5.74, 6) is 0. The lowest BCUT2D eigenvalue weighted by Crippen LogP contribution is -2.33. The van der Waals surface area contributed by atoms with Gasteiger partial charge in [0.1, 0.15) is 0 Å². The Labute approximate surface area is 147 Å². The molecule has 1 unspecified atom stereocenters. The zero-order chi connectivity index (χ0) is 21.0. The van der Waals surface area contributed by atoms with Gasteiger partial charge in [-0.05, 0) is 13.3 Å². The Hall–Kier alpha value is -1.22. The van der Waals surface area contributed by atoms with Crippen molar-refractivity contribution in [1.82, 2.24) is 9.80 Å². The zero-order valence-corrected chi connectivity index (χ0v) is 15.5. The molecular formula is C11H18F6N3O4S2-. The van der Waals surface area contributed by atoms with E-state index in [1.54, 1.807) is 0 Å². The lowest BCUT2D eigenvalue weighted by Gasteiger charge is -2.26. The van der Waals surface area contributed by atoms with Crippen molar-refractivity contribution < 1.29 is 43.2 Å². The smallest absolute Gasteiger partial charge is 0.421 e. The summed E-state index contributed by atoms with van der Waals surface area (Å²) in [6.45, 7) is 5.66. The molecule has 0 fully saturated rings. The Kier molecular flexibility index (Phi) is 8.24. The third-order valence-electron chi connectivity index (χ3n) is 3.11. The number of sulfonamides is 2. The first-order valence-electron chi connectivity index (χ1n) is 6.99. The summed E-state index contributed by atoms with van der Waals surface area (Å²) in [5, 5.41) is 0. The monoisotopic (exact) mass is 434 g/mol. The third-order valence-corrected chi connectivity index (χ3v) is 5.85. The van der Waals surface area contributed by atoms with Gasteiger partial charge in [0.15, 0.2) is 20.0 Å². The summed E-state index contributed by atoms with van der Waals surface area (Å²) in [6, 6.07) is 0. The lowest BCUT2D eigenvalue weighted by molar-refractivity contribution is -0.0444. The molecule has 1 heterocycles. The molecule has 15 heteroatoms. The molecule has 0 bridgehead atoms. The Balaban J connectivity index is 0.000000502. The zero-order valence-electron chi connectivity index (χ0n) is 13.9. The van der Waals surface area contributed by atoms with Crippen LogP contribution < -0.4 is 0 Å². The van der Waals surface area contributed by atoms with E-state index in [0.29, 0.717) is 6.17 Å². The van der Waals surface area contributed by atoms with Crippen LogP contribution in [0, 0.1) is 0 Å². The van der Waals surface area contributed by atoms with Gasteiger partial charge < -0.3 is 13.9 Å². The molecule has 0 aromatic rings. The topological polar surface area (TPSA) is 88.9 Å². The molecule has 0 spiro atoms. The highest BCUT2D eigenvalue weighted by Crippen LogP contribution is 2.36. The standard InChI is InChI=1S/C9H18N2.C2F6NO4S2/c1-4-5-6-11-8-7-10(3)9(11)2;3-1(4,5)14(10,11)9-15(12,13)2(6,7)8/h7-9H,4-6H2,1-3H3;/q;-1. The van der Waals surface area contributed by atoms with Crippen LogP contribution in [0.1, 0.15) is 26.7 Å². The molecule has 0 N–H and O–H groups in total. The maximum atomic E-state index is 11.4. The van der Waals surface area contributed by atoms with Crippen LogP contribution in [-0.4, -0.2) is 57.4 Å². The molecule has 0 aromatic heterocycles. The molecule has 26 heavy (non-hydrogen) atoms. The first kappa shape index (κ1) is 24.8. The first-order chi connectivity index (χ1) is 11.5. The summed E-state index contributed by atoms with van der Waals surface area (Å²) >= 11 is 0. The van der Waals surface area contributed by atoms with Crippen LogP contribution in [0.5, 0.6) is 0 Å². The van der Waals surface area contributed by atoms with Crippen LogP contribution in [0.15, 0.2) is 12.4 Å². The molecule has 156 valence electrons. The fourth-order valence-corrected chi connectivity index (χ4v) is 3.20. The van der Waals surface area contributed by atoms with E-state index in [0.717, 1.165) is 4.13 Å². The maximum Gasteiger partial charge on any atom is 0.480 e. The van der Waals surface area contributed by atoms with Crippen LogP contribution in [0.3, 0.4) is 0 Å². The highest BCUT2D eigenvalue weighted by molar-refractivity contribution is 8.13. The van der Waals surface area contributed by atoms with Gasteiger partial charge in [-0.1, -0.05) is 13.3 Å². The molecule has 1 aliphatic rings. The predicted molar refractivity (Wildman–Crippen MR) is 81.3 cm³/mol. The van der Waals surface area contributed by atoms with Gasteiger partial charge in [0.25, 0.3) is 0 Å². The number of halogens is 6. The maximum absolute atomic E-state index is 11.4. The van der Waals surface area contributed by atoms with Crippen molar-refractivity contribution in [3.05, 3.63) is 16.5 Å². The van der Waals surface area contributed by atoms with Crippen molar-refractivity contribution in [2.45, 2.75) is 43.9 Å². The summed E-state index contributed by atoms with van der Waals surface area (Å²) in [5.41, 5.74) is -12.4. The van der Waals surface area contributed by atoms with Gasteiger partial charge in [0.2, 0.25) is 0 Å². The summed E-state index contributed by atoms with van der Waals surface area (Å²) in [6.07, 6.45) is 7.45. The molecular weight excluding hydrogens is 416 g/mol. The van der Waals surface area contributed by atoms with Crippen molar-refractivity contribution in [2.24, 2.45) is 0 Å². The van der Waals surface area contributed by atoms with Gasteiger partial charge in [-0.3, -0.25) is 0 Å². The Bertz CT molecular complexity index is 646. The molecule has 1 rings (SSSR count). The van der Waals surface area contributed by atoms with E-state index in [2.05, 4.69) is 43.1 Å². The van der Waals surface area contributed by atoms with E-state index in [-0.39, 0.29) is 0 Å². The fourth-order valence-electron chi connectivity index (χ4n) is 1.49. The number of rotatable bonds is 5. The number of hydrogen-bond donors (Lipinski definition) is 0. The van der Waals surface area contributed by atoms with Crippen molar-refractivity contribution >= 4 is 20.0 Å². The van der Waals surface area contributed by atoms with E-state index in [9.17, 15) is 43.2 Å². The Morgan fingerprint density at radius 2 is 1.38 bits per heavy atom. The summed E-state index contributed by atoms with van der Waals surface area (Å²) < 4.78 is 109. The number of unbranched alkanes of at least 4 members (excludes halogenated alkanes) is 1. The second-order valence-corrected chi connectivity index (χ2v) is 8.53. The largest absolute Gasteiger partial charge is 0.480 e. The number of hydrogen-bond acceptors (Lipinski definition) is 6. The average molecular weight is 434 g/mol. The highest BCUT2D eigenvalue weighted by atomic mass is 32.3. The Morgan fingerprint density at radius 3 is 1.65 bits per heavy atom. The molecule has 1 atom stereocenters. The van der Waals surface area contributed by atoms with Gasteiger partial charge in [-0.25, -0.2) is 16.8 Å². The summed E-state index contributed by atoms with van der Waals surface area (Å²) in [4.78, 5) is 4.61. The third kappa shape index (κ3) is 6.83. The van der Waals surface area contributed by atoms with Crippen LogP contribution in [0.2, 0.25) is 0 Å². The highest BCUT2D eigenvalue weighted by Gasteiger charge is 2.46. The van der Waals surface area contributed by atoms with Crippen molar-refractivity contribution in [3.8, 4) is 0 Å². The lowest BCUT2D eigenvalue weighted by atomic mass is 10.3. The van der Waals surface area contributed by atoms with Crippen LogP contribution in [0.4, 0.5) is 26.3 Å². The molecule has 0 amide bonds. The number of alkyl halides is 6. The minimum atomic E-state index is -6.72. The van der Waals surface area contributed by atoms with Gasteiger partial charge in [-0.2, -0.15) is 26.3 Å². The SMILES string of the molecule is CCCCN1C=CN(C)C1C.O=S(=O)([N-]S(=O)(=O)C(F)(F)F)C(F)(F)F. The second-order valence-electron chi connectivity index (χ2n) is 5.10. The minimum absolute atomic E-state index is 0.557. The van der Waals surface area contributed by atoms with Gasteiger partial charge in [0, 0.05) is 26.0 Å². The predicted octanol–water partition coefficient (Wildman–Crippen LogP) is 2.91. The van der Waals surface area contributed by atoms with E-state index in [1.807, 2.05) is 0 Å². The fraction of sp³-hybridized carbons (Fsp3) is 0.818. The molecule has 0 aliphatic carbocycles. The van der Waals surface area contributed by atoms with E-state index < -0.39 is 31.1 Å². The molecule has 7 nitrogen and oxygen atoms in total. The number of nitrogens with zero attached hydrogens (tertiary/aromatic N) is 3. The van der Waals surface area contributed by atoms with Crippen molar-refractivity contribution in [3.63, 3.8) is 0 Å². The van der Waals surface area contributed by atoms with Crippen LogP contribution in [0.25, 0.3) is 4.13 Å². The first-order valence-corrected chi connectivity index (χ1v) is 9.87. The summed E-state index contributed by atoms with van der Waals surface area (Å²) in [7, 11) is -11.3. The quantitative estimate of drug-likeness (QED) is 0.619. The molecule has 0 radical (unpaired) electrons. The average Bonchev–Trinajstić information content (AvgIpc) is 2.73. The van der Waals surface area contributed by atoms with Crippen molar-refractivity contribution in [1.29, 1.82) is 0 Å². The van der Waals surface area contributed by atoms with Gasteiger partial charge in [0.05, 0.1) is 6.17 Å².